The average Bonchev–Trinajstić information content (AvgIpc) is 2.79. The van der Waals surface area contributed by atoms with E-state index < -0.39 is 0 Å². The summed E-state index contributed by atoms with van der Waals surface area (Å²) in [5.74, 6) is 0.0560. The molecule has 1 aromatic heterocycles. The largest absolute Gasteiger partial charge is 0.340 e. The lowest BCUT2D eigenvalue weighted by molar-refractivity contribution is -0.134. The van der Waals surface area contributed by atoms with Crippen molar-refractivity contribution in [3.63, 3.8) is 0 Å². The van der Waals surface area contributed by atoms with Crippen LogP contribution in [0.5, 0.6) is 0 Å². The first-order valence-electron chi connectivity index (χ1n) is 10.3. The minimum Gasteiger partial charge on any atom is -0.340 e. The van der Waals surface area contributed by atoms with E-state index in [2.05, 4.69) is 46.3 Å². The number of aromatic nitrogens is 1. The fourth-order valence-corrected chi connectivity index (χ4v) is 3.98. The summed E-state index contributed by atoms with van der Waals surface area (Å²) in [6.07, 6.45) is 4.32. The van der Waals surface area contributed by atoms with Crippen molar-refractivity contribution >= 4 is 5.91 Å². The van der Waals surface area contributed by atoms with Crippen molar-refractivity contribution in [2.24, 2.45) is 0 Å². The summed E-state index contributed by atoms with van der Waals surface area (Å²) in [4.78, 5) is 22.1. The molecule has 0 radical (unpaired) electrons. The van der Waals surface area contributed by atoms with E-state index in [0.29, 0.717) is 6.42 Å². The SMILES string of the molecule is O=C(C(Cc1cccnc1)c1ccccc1)N1CCN(Cc2ccccc2)CC1. The van der Waals surface area contributed by atoms with Gasteiger partial charge in [-0.15, -0.1) is 0 Å². The van der Waals surface area contributed by atoms with Crippen LogP contribution in [0, 0.1) is 0 Å². The fraction of sp³-hybridized carbons (Fsp3) is 0.280. The fourth-order valence-electron chi connectivity index (χ4n) is 3.98. The molecule has 1 fully saturated rings. The normalized spacial score (nSPS) is 15.8. The van der Waals surface area contributed by atoms with Crippen LogP contribution in [0.15, 0.2) is 85.2 Å². The van der Waals surface area contributed by atoms with E-state index in [4.69, 9.17) is 0 Å². The van der Waals surface area contributed by atoms with Gasteiger partial charge in [0.1, 0.15) is 0 Å². The zero-order chi connectivity index (χ0) is 19.9. The number of nitrogens with zero attached hydrogens (tertiary/aromatic N) is 3. The highest BCUT2D eigenvalue weighted by Gasteiger charge is 2.28. The van der Waals surface area contributed by atoms with E-state index in [1.54, 1.807) is 6.20 Å². The molecule has 1 amide bonds. The third kappa shape index (κ3) is 5.09. The van der Waals surface area contributed by atoms with Crippen molar-refractivity contribution in [1.82, 2.24) is 14.8 Å². The Balaban J connectivity index is 1.43. The second-order valence-corrected chi connectivity index (χ2v) is 7.62. The Hall–Kier alpha value is -2.98. The van der Waals surface area contributed by atoms with E-state index in [-0.39, 0.29) is 11.8 Å². The molecule has 0 aliphatic carbocycles. The number of hydrogen-bond donors (Lipinski definition) is 0. The van der Waals surface area contributed by atoms with Gasteiger partial charge in [0.05, 0.1) is 5.92 Å². The maximum absolute atomic E-state index is 13.5. The standard InChI is InChI=1S/C25H27N3O/c29-25(28-16-14-27(15-17-28)20-21-8-3-1-4-9-21)24(23-11-5-2-6-12-23)18-22-10-7-13-26-19-22/h1-13,19,24H,14-18,20H2. The van der Waals surface area contributed by atoms with Gasteiger partial charge in [0.15, 0.2) is 0 Å². The molecule has 1 aliphatic rings. The lowest BCUT2D eigenvalue weighted by atomic mass is 9.91. The number of carbonyl (C=O) groups is 1. The number of pyridine rings is 1. The highest BCUT2D eigenvalue weighted by Crippen LogP contribution is 2.24. The summed E-state index contributed by atoms with van der Waals surface area (Å²) >= 11 is 0. The predicted octanol–water partition coefficient (Wildman–Crippen LogP) is 3.75. The van der Waals surface area contributed by atoms with E-state index in [1.807, 2.05) is 47.5 Å². The summed E-state index contributed by atoms with van der Waals surface area (Å²) in [6.45, 7) is 4.33. The first-order chi connectivity index (χ1) is 14.3. The Bertz CT molecular complexity index is 891. The predicted molar refractivity (Wildman–Crippen MR) is 115 cm³/mol. The van der Waals surface area contributed by atoms with Crippen LogP contribution in [0.1, 0.15) is 22.6 Å². The zero-order valence-corrected chi connectivity index (χ0v) is 16.7. The highest BCUT2D eigenvalue weighted by molar-refractivity contribution is 5.84. The maximum atomic E-state index is 13.5. The van der Waals surface area contributed by atoms with Crippen molar-refractivity contribution < 1.29 is 4.79 Å². The lowest BCUT2D eigenvalue weighted by Crippen LogP contribution is -2.49. The van der Waals surface area contributed by atoms with Crippen LogP contribution < -0.4 is 0 Å². The monoisotopic (exact) mass is 385 g/mol. The molecule has 2 heterocycles. The number of amides is 1. The van der Waals surface area contributed by atoms with Gasteiger partial charge in [-0.25, -0.2) is 0 Å². The molecular weight excluding hydrogens is 358 g/mol. The van der Waals surface area contributed by atoms with E-state index in [1.165, 1.54) is 5.56 Å². The van der Waals surface area contributed by atoms with Gasteiger partial charge in [0.25, 0.3) is 0 Å². The van der Waals surface area contributed by atoms with Gasteiger partial charge in [0.2, 0.25) is 5.91 Å². The van der Waals surface area contributed by atoms with Crippen molar-refractivity contribution in [3.8, 4) is 0 Å². The van der Waals surface area contributed by atoms with Crippen molar-refractivity contribution in [2.45, 2.75) is 18.9 Å². The molecule has 3 aromatic rings. The topological polar surface area (TPSA) is 36.4 Å². The van der Waals surface area contributed by atoms with Gasteiger partial charge < -0.3 is 4.90 Å². The number of rotatable bonds is 6. The van der Waals surface area contributed by atoms with Crippen molar-refractivity contribution in [1.29, 1.82) is 0 Å². The first kappa shape index (κ1) is 19.3. The van der Waals surface area contributed by atoms with Crippen molar-refractivity contribution in [3.05, 3.63) is 102 Å². The van der Waals surface area contributed by atoms with Crippen molar-refractivity contribution in [2.75, 3.05) is 26.2 Å². The Kier molecular flexibility index (Phi) is 6.32. The summed E-state index contributed by atoms with van der Waals surface area (Å²) in [5.41, 5.74) is 3.50. The van der Waals surface area contributed by atoms with E-state index >= 15 is 0 Å². The van der Waals surface area contributed by atoms with Gasteiger partial charge in [-0.1, -0.05) is 66.7 Å². The molecule has 1 atom stereocenters. The molecule has 1 saturated heterocycles. The summed E-state index contributed by atoms with van der Waals surface area (Å²) in [6, 6.07) is 24.7. The Morgan fingerprint density at radius 3 is 2.14 bits per heavy atom. The molecule has 2 aromatic carbocycles. The molecule has 4 nitrogen and oxygen atoms in total. The highest BCUT2D eigenvalue weighted by atomic mass is 16.2. The van der Waals surface area contributed by atoms with Crippen LogP contribution in [-0.2, 0) is 17.8 Å². The quantitative estimate of drug-likeness (QED) is 0.648. The van der Waals surface area contributed by atoms with E-state index in [9.17, 15) is 4.79 Å². The Morgan fingerprint density at radius 2 is 1.48 bits per heavy atom. The number of hydrogen-bond acceptors (Lipinski definition) is 3. The van der Waals surface area contributed by atoms with Gasteiger partial charge in [-0.3, -0.25) is 14.7 Å². The van der Waals surface area contributed by atoms with Gasteiger partial charge in [0, 0.05) is 45.1 Å². The van der Waals surface area contributed by atoms with Crippen LogP contribution >= 0.6 is 0 Å². The van der Waals surface area contributed by atoms with Crippen LogP contribution in [0.3, 0.4) is 0 Å². The molecule has 29 heavy (non-hydrogen) atoms. The summed E-state index contributed by atoms with van der Waals surface area (Å²) < 4.78 is 0. The average molecular weight is 386 g/mol. The molecule has 4 rings (SSSR count). The Labute approximate surface area is 172 Å². The Morgan fingerprint density at radius 1 is 0.828 bits per heavy atom. The molecule has 0 spiro atoms. The summed E-state index contributed by atoms with van der Waals surface area (Å²) in [7, 11) is 0. The van der Waals surface area contributed by atoms with Gasteiger partial charge >= 0.3 is 0 Å². The minimum absolute atomic E-state index is 0.166. The smallest absolute Gasteiger partial charge is 0.230 e. The first-order valence-corrected chi connectivity index (χ1v) is 10.3. The molecule has 0 N–H and O–H groups in total. The number of piperazine rings is 1. The second-order valence-electron chi connectivity index (χ2n) is 7.62. The lowest BCUT2D eigenvalue weighted by Gasteiger charge is -2.36. The molecule has 4 heteroatoms. The molecule has 148 valence electrons. The van der Waals surface area contributed by atoms with Crippen LogP contribution in [-0.4, -0.2) is 46.9 Å². The van der Waals surface area contributed by atoms with Gasteiger partial charge in [-0.05, 0) is 29.2 Å². The van der Waals surface area contributed by atoms with Crippen LogP contribution in [0.4, 0.5) is 0 Å². The zero-order valence-electron chi connectivity index (χ0n) is 16.7. The van der Waals surface area contributed by atoms with Crippen LogP contribution in [0.25, 0.3) is 0 Å². The second kappa shape index (κ2) is 9.48. The molecular formula is C25H27N3O. The maximum Gasteiger partial charge on any atom is 0.230 e. The minimum atomic E-state index is -0.166. The molecule has 1 aliphatic heterocycles. The summed E-state index contributed by atoms with van der Waals surface area (Å²) in [5, 5.41) is 0. The number of benzene rings is 2. The molecule has 0 saturated carbocycles. The van der Waals surface area contributed by atoms with Crippen LogP contribution in [0.2, 0.25) is 0 Å². The molecule has 1 unspecified atom stereocenters. The number of carbonyl (C=O) groups excluding carboxylic acids is 1. The molecule has 0 bridgehead atoms. The van der Waals surface area contributed by atoms with E-state index in [0.717, 1.165) is 43.9 Å². The third-order valence-electron chi connectivity index (χ3n) is 5.60. The third-order valence-corrected chi connectivity index (χ3v) is 5.60. The van der Waals surface area contributed by atoms with Gasteiger partial charge in [-0.2, -0.15) is 0 Å².